The fourth-order valence-electron chi connectivity index (χ4n) is 6.23. The fraction of sp³-hybridized carbons (Fsp3) is 0.533. The molecule has 7 nitrogen and oxygen atoms in total. The second-order valence-electron chi connectivity index (χ2n) is 11.3. The van der Waals surface area contributed by atoms with E-state index < -0.39 is 8.32 Å². The van der Waals surface area contributed by atoms with E-state index in [9.17, 15) is 19.5 Å². The summed E-state index contributed by atoms with van der Waals surface area (Å²) in [5.74, 6) is 0.248. The van der Waals surface area contributed by atoms with Gasteiger partial charge in [0.25, 0.3) is 0 Å². The van der Waals surface area contributed by atoms with Crippen molar-refractivity contribution in [3.05, 3.63) is 65.7 Å². The Labute approximate surface area is 227 Å². The van der Waals surface area contributed by atoms with Gasteiger partial charge in [-0.15, -0.1) is 0 Å². The quantitative estimate of drug-likeness (QED) is 0.420. The minimum atomic E-state index is -2.62. The minimum absolute atomic E-state index is 0.0577. The van der Waals surface area contributed by atoms with E-state index in [0.717, 1.165) is 42.6 Å². The lowest BCUT2D eigenvalue weighted by Crippen LogP contribution is -2.42. The second-order valence-corrected chi connectivity index (χ2v) is 15.3. The Kier molecular flexibility index (Phi) is 9.41. The summed E-state index contributed by atoms with van der Waals surface area (Å²) >= 11 is 0. The zero-order valence-electron chi connectivity index (χ0n) is 22.9. The molecule has 0 bridgehead atoms. The van der Waals surface area contributed by atoms with E-state index in [1.165, 1.54) is 0 Å². The van der Waals surface area contributed by atoms with Crippen molar-refractivity contribution < 1.29 is 24.2 Å². The molecular weight excluding hydrogens is 496 g/mol. The first kappa shape index (κ1) is 28.5. The third kappa shape index (κ3) is 6.91. The summed E-state index contributed by atoms with van der Waals surface area (Å²) in [6.07, 6.45) is 2.89. The number of rotatable bonds is 11. The molecule has 2 aromatic rings. The van der Waals surface area contributed by atoms with Crippen LogP contribution >= 0.6 is 0 Å². The van der Waals surface area contributed by atoms with Gasteiger partial charge in [0.2, 0.25) is 11.8 Å². The topological polar surface area (TPSA) is 90.3 Å². The standard InChI is InChI=1S/C30H42N2O5Si/c1-22-26(15-14-23-11-7-12-25(19-23)32-16-8-13-28(32)34)37-27(30(22)38(2,3)36)20-29(35)31(17-18-33)21-24-9-5-4-6-10-24/h4-7,9-12,19,22,26-27,30,33,36H,8,13-18,20-21H2,1-3H3/t22-,26+,27-,30+/m0/s1. The molecule has 0 unspecified atom stereocenters. The number of aryl methyl sites for hydroxylation is 1. The first-order valence-electron chi connectivity index (χ1n) is 13.9. The average molecular weight is 539 g/mol. The maximum Gasteiger partial charge on any atom is 0.227 e. The monoisotopic (exact) mass is 538 g/mol. The van der Waals surface area contributed by atoms with Gasteiger partial charge in [0, 0.05) is 37.3 Å². The van der Waals surface area contributed by atoms with Gasteiger partial charge in [0.05, 0.1) is 25.2 Å². The second kappa shape index (κ2) is 12.6. The number of hydrogen-bond acceptors (Lipinski definition) is 5. The van der Waals surface area contributed by atoms with Crippen LogP contribution in [0.3, 0.4) is 0 Å². The van der Waals surface area contributed by atoms with E-state index in [2.05, 4.69) is 19.1 Å². The van der Waals surface area contributed by atoms with Crippen molar-refractivity contribution in [2.24, 2.45) is 5.92 Å². The number of ether oxygens (including phenoxy) is 1. The molecule has 0 spiro atoms. The molecule has 206 valence electrons. The molecule has 2 heterocycles. The summed E-state index contributed by atoms with van der Waals surface area (Å²) in [6.45, 7) is 7.38. The Morgan fingerprint density at radius 3 is 2.50 bits per heavy atom. The predicted octanol–water partition coefficient (Wildman–Crippen LogP) is 4.13. The van der Waals surface area contributed by atoms with Crippen LogP contribution in [-0.4, -0.2) is 66.8 Å². The molecular formula is C30H42N2O5Si. The molecule has 0 aliphatic carbocycles. The number of hydrogen-bond donors (Lipinski definition) is 2. The zero-order valence-corrected chi connectivity index (χ0v) is 23.9. The highest BCUT2D eigenvalue weighted by atomic mass is 28.4. The van der Waals surface area contributed by atoms with Crippen LogP contribution in [0.4, 0.5) is 5.69 Å². The molecule has 2 fully saturated rings. The number of anilines is 1. The number of nitrogens with zero attached hydrogens (tertiary/aromatic N) is 2. The van der Waals surface area contributed by atoms with Crippen molar-refractivity contribution >= 4 is 25.8 Å². The van der Waals surface area contributed by atoms with Gasteiger partial charge in [-0.25, -0.2) is 0 Å². The number of carbonyl (C=O) groups excluding carboxylic acids is 2. The van der Waals surface area contributed by atoms with Crippen LogP contribution in [0.5, 0.6) is 0 Å². The van der Waals surface area contributed by atoms with Crippen LogP contribution < -0.4 is 4.90 Å². The average Bonchev–Trinajstić information content (AvgIpc) is 3.45. The molecule has 2 aromatic carbocycles. The third-order valence-electron chi connectivity index (χ3n) is 8.05. The number of benzene rings is 2. The third-order valence-corrected chi connectivity index (χ3v) is 10.6. The molecule has 4 atom stereocenters. The smallest absolute Gasteiger partial charge is 0.227 e. The van der Waals surface area contributed by atoms with Crippen molar-refractivity contribution in [1.29, 1.82) is 0 Å². The van der Waals surface area contributed by atoms with Crippen LogP contribution in [-0.2, 0) is 27.3 Å². The summed E-state index contributed by atoms with van der Waals surface area (Å²) < 4.78 is 6.53. The maximum absolute atomic E-state index is 13.4. The highest BCUT2D eigenvalue weighted by Gasteiger charge is 2.50. The van der Waals surface area contributed by atoms with Gasteiger partial charge < -0.3 is 24.4 Å². The minimum Gasteiger partial charge on any atom is -0.432 e. The summed E-state index contributed by atoms with van der Waals surface area (Å²) in [5, 5.41) is 9.59. The molecule has 2 aliphatic rings. The fourth-order valence-corrected chi connectivity index (χ4v) is 8.84. The molecule has 2 aliphatic heterocycles. The molecule has 2 saturated heterocycles. The Morgan fingerprint density at radius 1 is 1.11 bits per heavy atom. The number of aliphatic hydroxyl groups excluding tert-OH is 1. The van der Waals surface area contributed by atoms with Crippen molar-refractivity contribution in [2.45, 2.75) is 76.4 Å². The van der Waals surface area contributed by atoms with E-state index in [1.54, 1.807) is 4.90 Å². The number of carbonyl (C=O) groups is 2. The van der Waals surface area contributed by atoms with Gasteiger partial charge in [-0.2, -0.15) is 0 Å². The molecule has 2 amide bonds. The first-order valence-corrected chi connectivity index (χ1v) is 16.9. The highest BCUT2D eigenvalue weighted by molar-refractivity contribution is 6.71. The zero-order chi connectivity index (χ0) is 27.3. The Bertz CT molecular complexity index is 1090. The molecule has 38 heavy (non-hydrogen) atoms. The molecule has 0 aromatic heterocycles. The van der Waals surface area contributed by atoms with E-state index >= 15 is 0 Å². The molecule has 0 saturated carbocycles. The molecule has 4 rings (SSSR count). The van der Waals surface area contributed by atoms with Crippen LogP contribution in [0.2, 0.25) is 18.6 Å². The number of aliphatic hydroxyl groups is 1. The SMILES string of the molecule is C[C@@H]1[C@@H]([Si](C)(C)O)[C@H](CC(=O)N(CCO)Cc2ccccc2)O[C@@H]1CCc1cccc(N2CCCC2=O)c1. The predicted molar refractivity (Wildman–Crippen MR) is 151 cm³/mol. The van der Waals surface area contributed by atoms with Crippen molar-refractivity contribution in [2.75, 3.05) is 24.6 Å². The lowest BCUT2D eigenvalue weighted by atomic mass is 9.95. The summed E-state index contributed by atoms with van der Waals surface area (Å²) in [5.41, 5.74) is 3.07. The van der Waals surface area contributed by atoms with Crippen LogP contribution in [0.25, 0.3) is 0 Å². The Balaban J connectivity index is 1.42. The Morgan fingerprint density at radius 2 is 1.84 bits per heavy atom. The first-order chi connectivity index (χ1) is 18.2. The Hall–Kier alpha value is -2.52. The summed E-state index contributed by atoms with van der Waals surface area (Å²) in [7, 11) is -2.62. The van der Waals surface area contributed by atoms with E-state index in [1.807, 2.05) is 60.5 Å². The molecule has 8 heteroatoms. The van der Waals surface area contributed by atoms with Crippen molar-refractivity contribution in [3.63, 3.8) is 0 Å². The summed E-state index contributed by atoms with van der Waals surface area (Å²) in [4.78, 5) is 40.3. The van der Waals surface area contributed by atoms with Gasteiger partial charge in [-0.3, -0.25) is 9.59 Å². The maximum atomic E-state index is 13.4. The summed E-state index contributed by atoms with van der Waals surface area (Å²) in [6, 6.07) is 18.0. The van der Waals surface area contributed by atoms with E-state index in [-0.39, 0.29) is 55.1 Å². The van der Waals surface area contributed by atoms with Crippen LogP contribution in [0.1, 0.15) is 43.7 Å². The largest absolute Gasteiger partial charge is 0.432 e. The van der Waals surface area contributed by atoms with Gasteiger partial charge in [0.1, 0.15) is 0 Å². The molecule has 2 N–H and O–H groups in total. The van der Waals surface area contributed by atoms with Gasteiger partial charge in [0.15, 0.2) is 8.32 Å². The van der Waals surface area contributed by atoms with E-state index in [0.29, 0.717) is 13.0 Å². The lowest BCUT2D eigenvalue weighted by molar-refractivity contribution is -0.135. The van der Waals surface area contributed by atoms with Crippen molar-refractivity contribution in [1.82, 2.24) is 4.90 Å². The number of amides is 2. The van der Waals surface area contributed by atoms with Gasteiger partial charge in [-0.05, 0) is 61.5 Å². The lowest BCUT2D eigenvalue weighted by Gasteiger charge is -2.31. The highest BCUT2D eigenvalue weighted by Crippen LogP contribution is 2.45. The van der Waals surface area contributed by atoms with Crippen LogP contribution in [0.15, 0.2) is 54.6 Å². The normalized spacial score (nSPS) is 23.7. The van der Waals surface area contributed by atoms with Crippen molar-refractivity contribution in [3.8, 4) is 0 Å². The van der Waals surface area contributed by atoms with Gasteiger partial charge in [-0.1, -0.05) is 49.4 Å². The van der Waals surface area contributed by atoms with E-state index in [4.69, 9.17) is 4.74 Å². The molecule has 0 radical (unpaired) electrons. The van der Waals surface area contributed by atoms with Gasteiger partial charge >= 0.3 is 0 Å². The van der Waals surface area contributed by atoms with Crippen LogP contribution in [0, 0.1) is 5.92 Å².